The molecule has 13 heteroatoms. The highest BCUT2D eigenvalue weighted by Gasteiger charge is 2.32. The van der Waals surface area contributed by atoms with Crippen molar-refractivity contribution in [3.63, 3.8) is 0 Å². The van der Waals surface area contributed by atoms with E-state index >= 15 is 0 Å². The molecule has 0 bridgehead atoms. The second kappa shape index (κ2) is 16.9. The fourth-order valence-corrected chi connectivity index (χ4v) is 5.04. The third kappa shape index (κ3) is 13.8. The summed E-state index contributed by atoms with van der Waals surface area (Å²) >= 11 is 0. The molecule has 0 aromatic heterocycles. The molecule has 0 aliphatic carbocycles. The number of phenolic OH excluding ortho intramolecular Hbond substituents is 2. The summed E-state index contributed by atoms with van der Waals surface area (Å²) in [6, 6.07) is 21.5. The van der Waals surface area contributed by atoms with Gasteiger partial charge in [0, 0.05) is 44.2 Å². The molecule has 3 aromatic rings. The van der Waals surface area contributed by atoms with E-state index in [-0.39, 0.29) is 75.3 Å². The van der Waals surface area contributed by atoms with Crippen LogP contribution in [0.25, 0.3) is 0 Å². The lowest BCUT2D eigenvalue weighted by Crippen LogP contribution is -2.52. The van der Waals surface area contributed by atoms with Gasteiger partial charge in [-0.15, -0.1) is 0 Å². The van der Waals surface area contributed by atoms with E-state index in [1.54, 1.807) is 66.7 Å². The Morgan fingerprint density at radius 1 is 0.596 bits per heavy atom. The predicted molar refractivity (Wildman–Crippen MR) is 172 cm³/mol. The summed E-state index contributed by atoms with van der Waals surface area (Å²) < 4.78 is 0. The van der Waals surface area contributed by atoms with E-state index in [1.807, 2.05) is 0 Å². The third-order valence-corrected chi connectivity index (χ3v) is 7.59. The van der Waals surface area contributed by atoms with Crippen LogP contribution in [-0.2, 0) is 33.6 Å². The molecule has 47 heavy (non-hydrogen) atoms. The van der Waals surface area contributed by atoms with Gasteiger partial charge in [0.05, 0.1) is 0 Å². The first kappa shape index (κ1) is 36.9. The number of carbonyl (C=O) groups excluding carboxylic acids is 3. The summed E-state index contributed by atoms with van der Waals surface area (Å²) in [5, 5.41) is 67.6. The number of benzene rings is 3. The Morgan fingerprint density at radius 3 is 1.49 bits per heavy atom. The van der Waals surface area contributed by atoms with Gasteiger partial charge in [0.25, 0.3) is 11.8 Å². The number of amides is 3. The van der Waals surface area contributed by atoms with Gasteiger partial charge in [-0.25, -0.2) is 0 Å². The lowest BCUT2D eigenvalue weighted by atomic mass is 9.84. The zero-order chi connectivity index (χ0) is 34.5. The number of nitrogens with one attached hydrogen (secondary N) is 3. The minimum Gasteiger partial charge on any atom is -0.504 e. The Labute approximate surface area is 273 Å². The van der Waals surface area contributed by atoms with Gasteiger partial charge in [-0.3, -0.25) is 14.4 Å². The van der Waals surface area contributed by atoms with Crippen LogP contribution >= 0.6 is 0 Å². The lowest BCUT2D eigenvalue weighted by Gasteiger charge is -2.31. The topological polar surface area (TPSA) is 235 Å². The van der Waals surface area contributed by atoms with Gasteiger partial charge in [-0.1, -0.05) is 66.7 Å². The quantitative estimate of drug-likeness (QED) is 0.0685. The van der Waals surface area contributed by atoms with Crippen molar-refractivity contribution in [3.05, 3.63) is 95.6 Å². The van der Waals surface area contributed by atoms with Crippen LogP contribution in [0.1, 0.15) is 55.2 Å². The molecule has 0 radical (unpaired) electrons. The molecule has 0 spiro atoms. The summed E-state index contributed by atoms with van der Waals surface area (Å²) in [5.74, 6) is -7.33. The van der Waals surface area contributed by atoms with Crippen molar-refractivity contribution in [2.24, 2.45) is 5.73 Å². The van der Waals surface area contributed by atoms with Crippen LogP contribution in [0.4, 0.5) is 0 Å². The first-order chi connectivity index (χ1) is 22.1. The van der Waals surface area contributed by atoms with Crippen molar-refractivity contribution in [2.75, 3.05) is 6.54 Å². The summed E-state index contributed by atoms with van der Waals surface area (Å²) in [6.07, 6.45) is -0.694. The smallest absolute Gasteiger partial charge is 0.250 e. The van der Waals surface area contributed by atoms with Crippen molar-refractivity contribution < 1.29 is 45.0 Å². The highest BCUT2D eigenvalue weighted by atomic mass is 16.5. The molecule has 3 rings (SSSR count). The lowest BCUT2D eigenvalue weighted by molar-refractivity contribution is -0.190. The molecule has 11 N–H and O–H groups in total. The Kier molecular flexibility index (Phi) is 13.2. The largest absolute Gasteiger partial charge is 0.504 e. The van der Waals surface area contributed by atoms with Crippen molar-refractivity contribution in [1.29, 1.82) is 0 Å². The van der Waals surface area contributed by atoms with E-state index in [4.69, 9.17) is 5.73 Å². The normalized spacial score (nSPS) is 11.9. The van der Waals surface area contributed by atoms with Crippen LogP contribution in [0, 0.1) is 0 Å². The van der Waals surface area contributed by atoms with Crippen LogP contribution in [0.3, 0.4) is 0 Å². The van der Waals surface area contributed by atoms with Crippen molar-refractivity contribution in [1.82, 2.24) is 16.0 Å². The molecule has 0 atom stereocenters. The average molecular weight is 653 g/mol. The Hall–Kier alpha value is -4.53. The number of hydrogen-bond acceptors (Lipinski definition) is 10. The Morgan fingerprint density at radius 2 is 1.04 bits per heavy atom. The van der Waals surface area contributed by atoms with Crippen LogP contribution in [0.15, 0.2) is 78.9 Å². The van der Waals surface area contributed by atoms with Crippen molar-refractivity contribution in [2.45, 2.75) is 75.1 Å². The van der Waals surface area contributed by atoms with E-state index in [0.29, 0.717) is 23.1 Å². The molecule has 0 fully saturated rings. The molecule has 0 aliphatic rings. The van der Waals surface area contributed by atoms with Crippen LogP contribution < -0.4 is 21.7 Å². The molecule has 254 valence electrons. The standard InChI is InChI=1S/C34H44N4O9/c35-32(17-13-29(41)36-20-16-24-11-12-27(39)28(40)21-24,18-14-30(42)37-33(44,45)22-25-7-3-1-4-8-25)19-15-31(43)38-34(46,47)23-26-9-5-2-6-10-26/h1-12,21,39-40,44-47H,13-20,22-23,35H2,(H,36,41)(H,37,42)(H,38,43). The Balaban J connectivity index is 1.57. The number of nitrogens with two attached hydrogens (primary N) is 1. The molecular formula is C34H44N4O9. The van der Waals surface area contributed by atoms with E-state index in [0.717, 1.165) is 0 Å². The highest BCUT2D eigenvalue weighted by Crippen LogP contribution is 2.25. The molecule has 3 aromatic carbocycles. The molecule has 0 heterocycles. The van der Waals surface area contributed by atoms with Gasteiger partial charge in [0.2, 0.25) is 17.7 Å². The maximum absolute atomic E-state index is 12.7. The number of aromatic hydroxyl groups is 2. The van der Waals surface area contributed by atoms with E-state index in [9.17, 15) is 45.0 Å². The molecule has 0 aliphatic heterocycles. The third-order valence-electron chi connectivity index (χ3n) is 7.59. The van der Waals surface area contributed by atoms with Gasteiger partial charge < -0.3 is 52.3 Å². The average Bonchev–Trinajstić information content (AvgIpc) is 3.00. The van der Waals surface area contributed by atoms with Gasteiger partial charge in [0.15, 0.2) is 11.5 Å². The second-order valence-electron chi connectivity index (χ2n) is 11.8. The number of rotatable bonds is 18. The van der Waals surface area contributed by atoms with Crippen LogP contribution in [0.2, 0.25) is 0 Å². The monoisotopic (exact) mass is 652 g/mol. The minimum absolute atomic E-state index is 0.0268. The summed E-state index contributed by atoms with van der Waals surface area (Å²) in [5.41, 5.74) is 7.25. The van der Waals surface area contributed by atoms with Crippen LogP contribution in [0.5, 0.6) is 11.5 Å². The molecule has 0 saturated heterocycles. The SMILES string of the molecule is NC(CCC(=O)NCCc1ccc(O)c(O)c1)(CCC(=O)NC(O)(O)Cc1ccccc1)CCC(=O)NC(O)(O)Cc1ccccc1. The Bertz CT molecular complexity index is 1400. The van der Waals surface area contributed by atoms with Gasteiger partial charge in [-0.2, -0.15) is 0 Å². The van der Waals surface area contributed by atoms with Gasteiger partial charge >= 0.3 is 0 Å². The number of carbonyl (C=O) groups is 3. The first-order valence-corrected chi connectivity index (χ1v) is 15.3. The molecule has 13 nitrogen and oxygen atoms in total. The van der Waals surface area contributed by atoms with Gasteiger partial charge in [-0.05, 0) is 54.5 Å². The van der Waals surface area contributed by atoms with Crippen molar-refractivity contribution in [3.8, 4) is 11.5 Å². The summed E-state index contributed by atoms with van der Waals surface area (Å²) in [6.45, 7) is 0.235. The summed E-state index contributed by atoms with van der Waals surface area (Å²) in [4.78, 5) is 38.1. The highest BCUT2D eigenvalue weighted by molar-refractivity contribution is 5.78. The second-order valence-corrected chi connectivity index (χ2v) is 11.8. The fraction of sp³-hybridized carbons (Fsp3) is 0.382. The summed E-state index contributed by atoms with van der Waals surface area (Å²) in [7, 11) is 0. The number of phenols is 2. The molecule has 0 unspecified atom stereocenters. The predicted octanol–water partition coefficient (Wildman–Crippen LogP) is 0.789. The maximum Gasteiger partial charge on any atom is 0.250 e. The zero-order valence-corrected chi connectivity index (χ0v) is 26.1. The molecule has 0 saturated carbocycles. The van der Waals surface area contributed by atoms with Crippen LogP contribution in [-0.4, -0.2) is 72.3 Å². The number of aliphatic hydroxyl groups is 4. The fourth-order valence-electron chi connectivity index (χ4n) is 5.04. The number of hydrogen-bond donors (Lipinski definition) is 10. The molecule has 3 amide bonds. The zero-order valence-electron chi connectivity index (χ0n) is 26.1. The first-order valence-electron chi connectivity index (χ1n) is 15.3. The van der Waals surface area contributed by atoms with Crippen molar-refractivity contribution >= 4 is 17.7 Å². The van der Waals surface area contributed by atoms with E-state index in [1.165, 1.54) is 12.1 Å². The van der Waals surface area contributed by atoms with Gasteiger partial charge in [0.1, 0.15) is 0 Å². The maximum atomic E-state index is 12.7. The molecular weight excluding hydrogens is 608 g/mol. The minimum atomic E-state index is -2.52. The van der Waals surface area contributed by atoms with E-state index in [2.05, 4.69) is 16.0 Å². The van der Waals surface area contributed by atoms with E-state index < -0.39 is 29.2 Å².